The molecule has 3 atom stereocenters. The second-order valence-corrected chi connectivity index (χ2v) is 10.1. The van der Waals surface area contributed by atoms with Crippen molar-refractivity contribution in [2.24, 2.45) is 16.8 Å². The van der Waals surface area contributed by atoms with E-state index in [-0.39, 0.29) is 5.92 Å². The molecule has 1 aromatic carbocycles. The zero-order chi connectivity index (χ0) is 24.1. The Kier molecular flexibility index (Phi) is 7.96. The quantitative estimate of drug-likeness (QED) is 0.392. The number of benzene rings is 1. The van der Waals surface area contributed by atoms with Crippen LogP contribution in [0.1, 0.15) is 61.5 Å². The fraction of sp³-hybridized carbons (Fsp3) is 0.448. The van der Waals surface area contributed by atoms with Crippen LogP contribution in [0.2, 0.25) is 0 Å². The van der Waals surface area contributed by atoms with Gasteiger partial charge in [0.05, 0.1) is 17.5 Å². The maximum atomic E-state index is 10.9. The van der Waals surface area contributed by atoms with Crippen molar-refractivity contribution in [1.82, 2.24) is 14.9 Å². The average molecular weight is 459 g/mol. The number of hydrogen-bond donors (Lipinski definition) is 2. The Morgan fingerprint density at radius 1 is 1.09 bits per heavy atom. The van der Waals surface area contributed by atoms with Crippen molar-refractivity contribution in [3.8, 4) is 11.4 Å². The monoisotopic (exact) mass is 458 g/mol. The molecule has 2 aromatic heterocycles. The van der Waals surface area contributed by atoms with Gasteiger partial charge < -0.3 is 15.0 Å². The van der Waals surface area contributed by atoms with E-state index in [0.29, 0.717) is 5.92 Å². The molecule has 0 bridgehead atoms. The fourth-order valence-electron chi connectivity index (χ4n) is 4.84. The van der Waals surface area contributed by atoms with Gasteiger partial charge in [-0.15, -0.1) is 0 Å². The second kappa shape index (κ2) is 11.1. The molecule has 2 N–H and O–H groups in total. The lowest BCUT2D eigenvalue weighted by Gasteiger charge is -2.25. The second-order valence-electron chi connectivity index (χ2n) is 10.1. The van der Waals surface area contributed by atoms with Crippen LogP contribution >= 0.6 is 0 Å². The minimum absolute atomic E-state index is 0.180. The SMILES string of the molecule is Cc1ccc(CN(C)CCCCc2c[nH]c(-c3nccc4c3N=CC(C)CC(C)C4O)c2)cc1. The summed E-state index contributed by atoms with van der Waals surface area (Å²) in [6, 6.07) is 12.9. The van der Waals surface area contributed by atoms with Crippen molar-refractivity contribution in [3.63, 3.8) is 0 Å². The minimum atomic E-state index is -0.525. The van der Waals surface area contributed by atoms with Gasteiger partial charge in [-0.1, -0.05) is 43.7 Å². The van der Waals surface area contributed by atoms with Crippen LogP contribution in [0.4, 0.5) is 5.69 Å². The van der Waals surface area contributed by atoms with Crippen LogP contribution in [-0.2, 0) is 13.0 Å². The lowest BCUT2D eigenvalue weighted by molar-refractivity contribution is 0.109. The van der Waals surface area contributed by atoms with Crippen molar-refractivity contribution in [3.05, 3.63) is 71.0 Å². The van der Waals surface area contributed by atoms with E-state index >= 15 is 0 Å². The van der Waals surface area contributed by atoms with Crippen molar-refractivity contribution < 1.29 is 5.11 Å². The van der Waals surface area contributed by atoms with Crippen LogP contribution in [0.5, 0.6) is 0 Å². The van der Waals surface area contributed by atoms with Gasteiger partial charge in [-0.05, 0) is 81.3 Å². The molecule has 3 aromatic rings. The van der Waals surface area contributed by atoms with Gasteiger partial charge in [0.15, 0.2) is 0 Å². The van der Waals surface area contributed by atoms with E-state index in [2.05, 4.69) is 79.2 Å². The Hall–Kier alpha value is -2.76. The number of pyridine rings is 1. The lowest BCUT2D eigenvalue weighted by Crippen LogP contribution is -2.19. The summed E-state index contributed by atoms with van der Waals surface area (Å²) in [4.78, 5) is 15.2. The normalized spacial score (nSPS) is 20.2. The smallest absolute Gasteiger partial charge is 0.112 e. The molecule has 0 radical (unpaired) electrons. The Bertz CT molecular complexity index is 1100. The van der Waals surface area contributed by atoms with Gasteiger partial charge in [-0.3, -0.25) is 9.98 Å². The average Bonchev–Trinajstić information content (AvgIpc) is 3.29. The molecule has 0 amide bonds. The third-order valence-electron chi connectivity index (χ3n) is 6.84. The molecule has 34 heavy (non-hydrogen) atoms. The summed E-state index contributed by atoms with van der Waals surface area (Å²) in [5.74, 6) is 0.508. The molecule has 0 spiro atoms. The van der Waals surface area contributed by atoms with E-state index in [0.717, 1.165) is 61.4 Å². The highest BCUT2D eigenvalue weighted by atomic mass is 16.3. The maximum Gasteiger partial charge on any atom is 0.112 e. The maximum absolute atomic E-state index is 10.9. The number of aryl methyl sites for hydroxylation is 2. The number of fused-ring (bicyclic) bond motifs is 1. The topological polar surface area (TPSA) is 64.5 Å². The highest BCUT2D eigenvalue weighted by molar-refractivity contribution is 5.78. The first-order chi connectivity index (χ1) is 16.4. The summed E-state index contributed by atoms with van der Waals surface area (Å²) >= 11 is 0. The zero-order valence-corrected chi connectivity index (χ0v) is 21.0. The van der Waals surface area contributed by atoms with Gasteiger partial charge in [-0.25, -0.2) is 0 Å². The van der Waals surface area contributed by atoms with Crippen molar-refractivity contribution in [2.75, 3.05) is 13.6 Å². The molecule has 3 unspecified atom stereocenters. The molecule has 4 rings (SSSR count). The standard InChI is InChI=1S/C29H38N4O/c1-20-8-10-23(11-9-20)19-33(4)14-6-5-7-24-16-26(31-18-24)28-27-25(12-13-30-28)29(34)22(3)15-21(2)17-32-27/h8-13,16-18,21-22,29,31,34H,5-7,14-15,19H2,1-4H3. The summed E-state index contributed by atoms with van der Waals surface area (Å²) in [6.07, 6.45) is 9.61. The first kappa shape index (κ1) is 24.4. The summed E-state index contributed by atoms with van der Waals surface area (Å²) in [5.41, 5.74) is 7.40. The molecule has 180 valence electrons. The first-order valence-electron chi connectivity index (χ1n) is 12.5. The molecule has 3 heterocycles. The van der Waals surface area contributed by atoms with Gasteiger partial charge >= 0.3 is 0 Å². The molecule has 0 saturated heterocycles. The zero-order valence-electron chi connectivity index (χ0n) is 21.0. The third kappa shape index (κ3) is 6.02. The predicted octanol–water partition coefficient (Wildman–Crippen LogP) is 6.25. The predicted molar refractivity (Wildman–Crippen MR) is 141 cm³/mol. The number of H-pyrrole nitrogens is 1. The number of aliphatic hydroxyl groups excluding tert-OH is 1. The van der Waals surface area contributed by atoms with E-state index < -0.39 is 6.10 Å². The molecular formula is C29H38N4O. The van der Waals surface area contributed by atoms with Crippen molar-refractivity contribution >= 4 is 11.9 Å². The summed E-state index contributed by atoms with van der Waals surface area (Å²) in [5, 5.41) is 10.9. The Labute approximate surface area is 204 Å². The Morgan fingerprint density at radius 3 is 2.68 bits per heavy atom. The number of hydrogen-bond acceptors (Lipinski definition) is 4. The van der Waals surface area contributed by atoms with E-state index in [1.807, 2.05) is 12.3 Å². The lowest BCUT2D eigenvalue weighted by atomic mass is 9.87. The number of aromatic amines is 1. The summed E-state index contributed by atoms with van der Waals surface area (Å²) < 4.78 is 0. The van der Waals surface area contributed by atoms with Crippen LogP contribution in [0, 0.1) is 18.8 Å². The number of aromatic nitrogens is 2. The third-order valence-corrected chi connectivity index (χ3v) is 6.84. The Balaban J connectivity index is 1.36. The molecule has 0 saturated carbocycles. The molecule has 1 aliphatic rings. The van der Waals surface area contributed by atoms with Gasteiger partial charge in [0.1, 0.15) is 5.69 Å². The number of nitrogens with one attached hydrogen (secondary N) is 1. The molecule has 5 nitrogen and oxygen atoms in total. The van der Waals surface area contributed by atoms with E-state index in [4.69, 9.17) is 4.99 Å². The number of unbranched alkanes of at least 4 members (excludes halogenated alkanes) is 1. The van der Waals surface area contributed by atoms with Gasteiger partial charge in [0.25, 0.3) is 0 Å². The van der Waals surface area contributed by atoms with Crippen LogP contribution in [0.15, 0.2) is 53.8 Å². The van der Waals surface area contributed by atoms with E-state index in [9.17, 15) is 5.11 Å². The van der Waals surface area contributed by atoms with Gasteiger partial charge in [0, 0.05) is 30.7 Å². The van der Waals surface area contributed by atoms with Crippen molar-refractivity contribution in [2.45, 2.75) is 59.1 Å². The Morgan fingerprint density at radius 2 is 1.88 bits per heavy atom. The fourth-order valence-corrected chi connectivity index (χ4v) is 4.84. The number of aliphatic imine (C=N–C) groups is 1. The van der Waals surface area contributed by atoms with Crippen molar-refractivity contribution in [1.29, 1.82) is 0 Å². The summed E-state index contributed by atoms with van der Waals surface area (Å²) in [7, 11) is 2.19. The summed E-state index contributed by atoms with van der Waals surface area (Å²) in [6.45, 7) is 8.46. The van der Waals surface area contributed by atoms with Crippen LogP contribution < -0.4 is 0 Å². The van der Waals surface area contributed by atoms with Crippen LogP contribution in [-0.4, -0.2) is 39.8 Å². The molecule has 0 aliphatic carbocycles. The number of nitrogens with zero attached hydrogens (tertiary/aromatic N) is 3. The van der Waals surface area contributed by atoms with E-state index in [1.165, 1.54) is 16.7 Å². The number of aliphatic hydroxyl groups is 1. The molecule has 1 aliphatic heterocycles. The van der Waals surface area contributed by atoms with E-state index in [1.54, 1.807) is 6.20 Å². The first-order valence-corrected chi connectivity index (χ1v) is 12.5. The highest BCUT2D eigenvalue weighted by Gasteiger charge is 2.25. The van der Waals surface area contributed by atoms with Crippen LogP contribution in [0.3, 0.4) is 0 Å². The van der Waals surface area contributed by atoms with Crippen LogP contribution in [0.25, 0.3) is 11.4 Å². The molecular weight excluding hydrogens is 420 g/mol. The highest BCUT2D eigenvalue weighted by Crippen LogP contribution is 2.39. The van der Waals surface area contributed by atoms with Gasteiger partial charge in [0.2, 0.25) is 0 Å². The molecule has 5 heteroatoms. The van der Waals surface area contributed by atoms with Gasteiger partial charge in [-0.2, -0.15) is 0 Å². The molecule has 0 fully saturated rings. The minimum Gasteiger partial charge on any atom is -0.388 e. The number of rotatable bonds is 8. The largest absolute Gasteiger partial charge is 0.388 e.